The number of benzene rings is 1. The summed E-state index contributed by atoms with van der Waals surface area (Å²) in [5.41, 5.74) is 1.80. The van der Waals surface area contributed by atoms with Crippen LogP contribution in [0.2, 0.25) is 0 Å². The minimum atomic E-state index is -0.258. The Morgan fingerprint density at radius 1 is 1.18 bits per heavy atom. The van der Waals surface area contributed by atoms with Crippen LogP contribution in [0.3, 0.4) is 0 Å². The van der Waals surface area contributed by atoms with Gasteiger partial charge in [-0.15, -0.1) is 0 Å². The van der Waals surface area contributed by atoms with Gasteiger partial charge in [0.2, 0.25) is 5.91 Å². The van der Waals surface area contributed by atoms with Gasteiger partial charge in [-0.05, 0) is 38.8 Å². The fourth-order valence-corrected chi connectivity index (χ4v) is 3.66. The Kier molecular flexibility index (Phi) is 6.46. The lowest BCUT2D eigenvalue weighted by Crippen LogP contribution is -2.45. The van der Waals surface area contributed by atoms with Crippen LogP contribution < -0.4 is 5.32 Å². The van der Waals surface area contributed by atoms with Crippen molar-refractivity contribution in [3.8, 4) is 0 Å². The Balaban J connectivity index is 1.62. The van der Waals surface area contributed by atoms with Gasteiger partial charge < -0.3 is 14.7 Å². The predicted molar refractivity (Wildman–Crippen MR) is 107 cm³/mol. The molecule has 1 unspecified atom stereocenters. The molecule has 3 rings (SSSR count). The smallest absolute Gasteiger partial charge is 0.253 e. The van der Waals surface area contributed by atoms with Crippen molar-refractivity contribution in [2.45, 2.75) is 39.7 Å². The van der Waals surface area contributed by atoms with E-state index in [1.54, 1.807) is 13.0 Å². The molecule has 2 heterocycles. The summed E-state index contributed by atoms with van der Waals surface area (Å²) in [4.78, 5) is 29.6. The van der Waals surface area contributed by atoms with E-state index in [9.17, 15) is 9.59 Å². The Morgan fingerprint density at radius 2 is 2.00 bits per heavy atom. The quantitative estimate of drug-likeness (QED) is 0.858. The topological polar surface area (TPSA) is 78.7 Å². The molecule has 1 aliphatic rings. The molecule has 0 radical (unpaired) electrons. The van der Waals surface area contributed by atoms with Crippen LogP contribution in [0.15, 0.2) is 34.9 Å². The highest BCUT2D eigenvalue weighted by atomic mass is 16.5. The van der Waals surface area contributed by atoms with E-state index in [1.165, 1.54) is 0 Å². The highest BCUT2D eigenvalue weighted by Crippen LogP contribution is 2.16. The first-order chi connectivity index (χ1) is 13.5. The summed E-state index contributed by atoms with van der Waals surface area (Å²) in [6.07, 6.45) is 1.53. The fourth-order valence-electron chi connectivity index (χ4n) is 3.66. The first-order valence-electron chi connectivity index (χ1n) is 9.82. The molecule has 0 aliphatic carbocycles. The number of anilines is 1. The van der Waals surface area contributed by atoms with Gasteiger partial charge in [0.05, 0.1) is 6.04 Å². The van der Waals surface area contributed by atoms with Crippen molar-refractivity contribution in [1.29, 1.82) is 0 Å². The van der Waals surface area contributed by atoms with Crippen LogP contribution in [0.1, 0.15) is 41.4 Å². The molecule has 1 saturated heterocycles. The van der Waals surface area contributed by atoms with E-state index in [-0.39, 0.29) is 17.9 Å². The van der Waals surface area contributed by atoms with Gasteiger partial charge in [-0.2, -0.15) is 0 Å². The molecule has 7 heteroatoms. The summed E-state index contributed by atoms with van der Waals surface area (Å²) < 4.78 is 5.01. The second-order valence-electron chi connectivity index (χ2n) is 7.29. The first kappa shape index (κ1) is 20.1. The van der Waals surface area contributed by atoms with Crippen LogP contribution in [-0.2, 0) is 4.79 Å². The third-order valence-electron chi connectivity index (χ3n) is 5.09. The lowest BCUT2D eigenvalue weighted by Gasteiger charge is -2.28. The maximum absolute atomic E-state index is 12.8. The molecule has 2 aromatic rings. The number of rotatable bonds is 5. The van der Waals surface area contributed by atoms with Crippen LogP contribution >= 0.6 is 0 Å². The van der Waals surface area contributed by atoms with E-state index in [2.05, 4.69) is 15.4 Å². The molecular formula is C21H28N4O3. The van der Waals surface area contributed by atoms with Crippen molar-refractivity contribution < 1.29 is 14.1 Å². The Morgan fingerprint density at radius 3 is 2.68 bits per heavy atom. The third-order valence-corrected chi connectivity index (χ3v) is 5.09. The van der Waals surface area contributed by atoms with Crippen molar-refractivity contribution in [1.82, 2.24) is 15.0 Å². The van der Waals surface area contributed by atoms with Crippen LogP contribution in [0.4, 0.5) is 5.82 Å². The summed E-state index contributed by atoms with van der Waals surface area (Å²) in [5, 5.41) is 6.67. The van der Waals surface area contributed by atoms with E-state index >= 15 is 0 Å². The van der Waals surface area contributed by atoms with E-state index in [0.717, 1.165) is 24.1 Å². The van der Waals surface area contributed by atoms with Gasteiger partial charge in [-0.3, -0.25) is 14.5 Å². The normalized spacial score (nSPS) is 16.5. The standard InChI is InChI=1S/C21H28N4O3/c1-4-18(20(26)22-19-14-16(3)28-23-19)24-9-6-10-25(12-11-24)21(27)17-8-5-7-15(2)13-17/h5,7-8,13-14,18H,4,6,9-12H2,1-3H3,(H,22,23,26). The number of hydrogen-bond donors (Lipinski definition) is 1. The maximum Gasteiger partial charge on any atom is 0.253 e. The summed E-state index contributed by atoms with van der Waals surface area (Å²) in [6.45, 7) is 8.53. The summed E-state index contributed by atoms with van der Waals surface area (Å²) in [5.74, 6) is 1.06. The van der Waals surface area contributed by atoms with E-state index in [1.807, 2.05) is 43.0 Å². The molecular weight excluding hydrogens is 356 g/mol. The van der Waals surface area contributed by atoms with Gasteiger partial charge in [0.1, 0.15) is 5.76 Å². The summed E-state index contributed by atoms with van der Waals surface area (Å²) in [6, 6.07) is 9.13. The zero-order chi connectivity index (χ0) is 20.1. The molecule has 150 valence electrons. The average molecular weight is 384 g/mol. The molecule has 1 atom stereocenters. The molecule has 1 N–H and O–H groups in total. The number of nitrogens with one attached hydrogen (secondary N) is 1. The molecule has 28 heavy (non-hydrogen) atoms. The number of amides is 2. The van der Waals surface area contributed by atoms with E-state index in [4.69, 9.17) is 4.52 Å². The zero-order valence-electron chi connectivity index (χ0n) is 16.8. The molecule has 1 aromatic carbocycles. The van der Waals surface area contributed by atoms with Crippen LogP contribution in [0.25, 0.3) is 0 Å². The minimum absolute atomic E-state index is 0.0566. The van der Waals surface area contributed by atoms with Gasteiger partial charge in [-0.1, -0.05) is 29.8 Å². The predicted octanol–water partition coefficient (Wildman–Crippen LogP) is 2.86. The van der Waals surface area contributed by atoms with Crippen LogP contribution in [0, 0.1) is 13.8 Å². The fraction of sp³-hybridized carbons (Fsp3) is 0.476. The number of nitrogens with zero attached hydrogens (tertiary/aromatic N) is 3. The first-order valence-corrected chi connectivity index (χ1v) is 9.82. The molecule has 0 bridgehead atoms. The molecule has 7 nitrogen and oxygen atoms in total. The largest absolute Gasteiger partial charge is 0.360 e. The Labute approximate surface area is 165 Å². The molecule has 0 spiro atoms. The highest BCUT2D eigenvalue weighted by molar-refractivity contribution is 5.95. The average Bonchev–Trinajstić information content (AvgIpc) is 2.93. The van der Waals surface area contributed by atoms with Crippen molar-refractivity contribution in [2.75, 3.05) is 31.5 Å². The number of carbonyl (C=O) groups is 2. The number of aryl methyl sites for hydroxylation is 2. The second-order valence-corrected chi connectivity index (χ2v) is 7.29. The molecule has 2 amide bonds. The second kappa shape index (κ2) is 9.01. The van der Waals surface area contributed by atoms with Gasteiger partial charge in [0.25, 0.3) is 5.91 Å². The number of hydrogen-bond acceptors (Lipinski definition) is 5. The zero-order valence-corrected chi connectivity index (χ0v) is 16.8. The van der Waals surface area contributed by atoms with E-state index in [0.29, 0.717) is 37.6 Å². The van der Waals surface area contributed by atoms with Crippen molar-refractivity contribution in [3.63, 3.8) is 0 Å². The lowest BCUT2D eigenvalue weighted by atomic mass is 10.1. The Hall–Kier alpha value is -2.67. The lowest BCUT2D eigenvalue weighted by molar-refractivity contribution is -0.121. The monoisotopic (exact) mass is 384 g/mol. The number of aromatic nitrogens is 1. The van der Waals surface area contributed by atoms with Gasteiger partial charge >= 0.3 is 0 Å². The van der Waals surface area contributed by atoms with Crippen molar-refractivity contribution in [2.24, 2.45) is 0 Å². The minimum Gasteiger partial charge on any atom is -0.360 e. The summed E-state index contributed by atoms with van der Waals surface area (Å²) in [7, 11) is 0. The van der Waals surface area contributed by atoms with Gasteiger partial charge in [0.15, 0.2) is 5.82 Å². The van der Waals surface area contributed by atoms with Gasteiger partial charge in [0, 0.05) is 37.8 Å². The SMILES string of the molecule is CCC(C(=O)Nc1cc(C)on1)N1CCCN(C(=O)c2cccc(C)c2)CC1. The molecule has 1 aromatic heterocycles. The molecule has 1 aliphatic heterocycles. The molecule has 1 fully saturated rings. The van der Waals surface area contributed by atoms with Crippen LogP contribution in [0.5, 0.6) is 0 Å². The number of carbonyl (C=O) groups excluding carboxylic acids is 2. The Bertz CT molecular complexity index is 833. The highest BCUT2D eigenvalue weighted by Gasteiger charge is 2.28. The maximum atomic E-state index is 12.8. The van der Waals surface area contributed by atoms with Crippen molar-refractivity contribution in [3.05, 3.63) is 47.2 Å². The van der Waals surface area contributed by atoms with Gasteiger partial charge in [-0.25, -0.2) is 0 Å². The molecule has 0 saturated carbocycles. The summed E-state index contributed by atoms with van der Waals surface area (Å²) >= 11 is 0. The van der Waals surface area contributed by atoms with Crippen LogP contribution in [-0.4, -0.2) is 59.0 Å². The van der Waals surface area contributed by atoms with Crippen molar-refractivity contribution >= 4 is 17.6 Å². The van der Waals surface area contributed by atoms with E-state index < -0.39 is 0 Å². The third kappa shape index (κ3) is 4.78.